The highest BCUT2D eigenvalue weighted by Gasteiger charge is 2.07. The molecule has 0 unspecified atom stereocenters. The maximum Gasteiger partial charge on any atom is 0.234 e. The number of carbonyl (C=O) groups is 1. The second kappa shape index (κ2) is 6.63. The summed E-state index contributed by atoms with van der Waals surface area (Å²) in [5.41, 5.74) is 6.66. The fraction of sp³-hybridized carbons (Fsp3) is 0.0714. The zero-order valence-corrected chi connectivity index (χ0v) is 12.0. The van der Waals surface area contributed by atoms with Crippen molar-refractivity contribution >= 4 is 40.6 Å². The van der Waals surface area contributed by atoms with Gasteiger partial charge in [-0.2, -0.15) is 0 Å². The summed E-state index contributed by atoms with van der Waals surface area (Å²) >= 11 is 7.21. The van der Waals surface area contributed by atoms with Gasteiger partial charge in [0.2, 0.25) is 5.91 Å². The average Bonchev–Trinajstić information content (AvgIpc) is 2.41. The highest BCUT2D eigenvalue weighted by molar-refractivity contribution is 8.00. The third-order valence-corrected chi connectivity index (χ3v) is 3.78. The van der Waals surface area contributed by atoms with E-state index in [9.17, 15) is 9.18 Å². The Morgan fingerprint density at radius 1 is 1.25 bits per heavy atom. The van der Waals surface area contributed by atoms with Gasteiger partial charge in [-0.15, -0.1) is 11.8 Å². The Bertz CT molecular complexity index is 619. The molecule has 0 saturated carbocycles. The maximum absolute atomic E-state index is 12.9. The average molecular weight is 311 g/mol. The quantitative estimate of drug-likeness (QED) is 0.667. The minimum absolute atomic E-state index is 0.177. The van der Waals surface area contributed by atoms with Crippen molar-refractivity contribution in [2.45, 2.75) is 4.90 Å². The van der Waals surface area contributed by atoms with E-state index in [1.807, 2.05) is 12.1 Å². The first kappa shape index (κ1) is 14.7. The van der Waals surface area contributed by atoms with Crippen LogP contribution in [0.15, 0.2) is 47.4 Å². The molecular weight excluding hydrogens is 299 g/mol. The number of amides is 1. The molecule has 2 rings (SSSR count). The van der Waals surface area contributed by atoms with Gasteiger partial charge in [0.15, 0.2) is 0 Å². The summed E-state index contributed by atoms with van der Waals surface area (Å²) in [6, 6.07) is 11.1. The van der Waals surface area contributed by atoms with Crippen LogP contribution in [0.25, 0.3) is 0 Å². The van der Waals surface area contributed by atoms with E-state index in [1.54, 1.807) is 12.1 Å². The van der Waals surface area contributed by atoms with Crippen molar-refractivity contribution in [1.29, 1.82) is 0 Å². The van der Waals surface area contributed by atoms with E-state index in [0.717, 1.165) is 11.0 Å². The van der Waals surface area contributed by atoms with E-state index < -0.39 is 5.82 Å². The van der Waals surface area contributed by atoms with E-state index >= 15 is 0 Å². The molecule has 0 spiro atoms. The molecule has 2 aromatic rings. The minimum Gasteiger partial charge on any atom is -0.399 e. The van der Waals surface area contributed by atoms with Crippen LogP contribution in [0.3, 0.4) is 0 Å². The van der Waals surface area contributed by atoms with E-state index in [1.165, 1.54) is 23.9 Å². The van der Waals surface area contributed by atoms with Crippen LogP contribution in [0.2, 0.25) is 5.02 Å². The predicted octanol–water partition coefficient (Wildman–Crippen LogP) is 3.79. The predicted molar refractivity (Wildman–Crippen MR) is 81.6 cm³/mol. The smallest absolute Gasteiger partial charge is 0.234 e. The van der Waals surface area contributed by atoms with Gasteiger partial charge in [0.1, 0.15) is 5.82 Å². The third kappa shape index (κ3) is 4.15. The number of hydrogen-bond acceptors (Lipinski definition) is 3. The van der Waals surface area contributed by atoms with Crippen molar-refractivity contribution in [3.05, 3.63) is 53.3 Å². The van der Waals surface area contributed by atoms with E-state index in [2.05, 4.69) is 5.32 Å². The Morgan fingerprint density at radius 2 is 1.95 bits per heavy atom. The van der Waals surface area contributed by atoms with Crippen LogP contribution in [-0.4, -0.2) is 11.7 Å². The van der Waals surface area contributed by atoms with Gasteiger partial charge < -0.3 is 11.1 Å². The zero-order chi connectivity index (χ0) is 14.5. The number of thioether (sulfide) groups is 1. The molecule has 0 aliphatic rings. The monoisotopic (exact) mass is 310 g/mol. The van der Waals surface area contributed by atoms with Crippen LogP contribution in [0.5, 0.6) is 0 Å². The Balaban J connectivity index is 1.90. The molecule has 0 radical (unpaired) electrons. The molecule has 0 fully saturated rings. The summed E-state index contributed by atoms with van der Waals surface area (Å²) in [5, 5.41) is 2.81. The Labute approximate surface area is 125 Å². The molecule has 0 saturated heterocycles. The summed E-state index contributed by atoms with van der Waals surface area (Å²) in [6.45, 7) is 0. The van der Waals surface area contributed by atoms with E-state index in [4.69, 9.17) is 17.3 Å². The normalized spacial score (nSPS) is 10.3. The lowest BCUT2D eigenvalue weighted by atomic mass is 10.3. The van der Waals surface area contributed by atoms with Gasteiger partial charge in [-0.3, -0.25) is 4.79 Å². The van der Waals surface area contributed by atoms with Gasteiger partial charge in [-0.25, -0.2) is 4.39 Å². The van der Waals surface area contributed by atoms with Crippen molar-refractivity contribution in [1.82, 2.24) is 0 Å². The summed E-state index contributed by atoms with van der Waals surface area (Å²) in [5.74, 6) is -0.415. The van der Waals surface area contributed by atoms with Crippen LogP contribution in [0.4, 0.5) is 15.8 Å². The molecular formula is C14H12ClFN2OS. The van der Waals surface area contributed by atoms with Crippen LogP contribution < -0.4 is 11.1 Å². The van der Waals surface area contributed by atoms with Gasteiger partial charge in [0.05, 0.1) is 16.5 Å². The number of rotatable bonds is 4. The highest BCUT2D eigenvalue weighted by Crippen LogP contribution is 2.23. The van der Waals surface area contributed by atoms with Crippen molar-refractivity contribution < 1.29 is 9.18 Å². The number of halogens is 2. The van der Waals surface area contributed by atoms with Gasteiger partial charge >= 0.3 is 0 Å². The first-order valence-electron chi connectivity index (χ1n) is 5.78. The molecule has 0 aliphatic carbocycles. The number of nitrogen functional groups attached to an aromatic ring is 1. The summed E-state index contributed by atoms with van der Waals surface area (Å²) in [4.78, 5) is 12.7. The van der Waals surface area contributed by atoms with Crippen molar-refractivity contribution in [2.75, 3.05) is 16.8 Å². The minimum atomic E-state index is -0.441. The zero-order valence-electron chi connectivity index (χ0n) is 10.4. The van der Waals surface area contributed by atoms with E-state index in [-0.39, 0.29) is 16.7 Å². The molecule has 0 bridgehead atoms. The first-order chi connectivity index (χ1) is 9.54. The summed E-state index contributed by atoms with van der Waals surface area (Å²) < 4.78 is 12.9. The van der Waals surface area contributed by atoms with Gasteiger partial charge in [-0.1, -0.05) is 11.6 Å². The fourth-order valence-electron chi connectivity index (χ4n) is 1.49. The van der Waals surface area contributed by atoms with Crippen LogP contribution >= 0.6 is 23.4 Å². The van der Waals surface area contributed by atoms with Crippen LogP contribution in [0, 0.1) is 5.82 Å². The lowest BCUT2D eigenvalue weighted by Gasteiger charge is -2.07. The summed E-state index contributed by atoms with van der Waals surface area (Å²) in [7, 11) is 0. The second-order valence-corrected chi connectivity index (χ2v) is 5.49. The van der Waals surface area contributed by atoms with Gasteiger partial charge in [-0.05, 0) is 42.5 Å². The number of nitrogens with two attached hydrogens (primary N) is 1. The lowest BCUT2D eigenvalue weighted by Crippen LogP contribution is -2.14. The van der Waals surface area contributed by atoms with Crippen LogP contribution in [0.1, 0.15) is 0 Å². The number of anilines is 2. The Morgan fingerprint density at radius 3 is 2.60 bits per heavy atom. The molecule has 0 heterocycles. The first-order valence-corrected chi connectivity index (χ1v) is 7.14. The SMILES string of the molecule is Nc1ccc(SCC(=O)Nc2ccc(F)cc2Cl)cc1. The lowest BCUT2D eigenvalue weighted by molar-refractivity contribution is -0.113. The van der Waals surface area contributed by atoms with Crippen molar-refractivity contribution in [3.63, 3.8) is 0 Å². The largest absolute Gasteiger partial charge is 0.399 e. The molecule has 20 heavy (non-hydrogen) atoms. The molecule has 3 N–H and O–H groups in total. The molecule has 3 nitrogen and oxygen atoms in total. The molecule has 0 atom stereocenters. The Hall–Kier alpha value is -1.72. The molecule has 6 heteroatoms. The maximum atomic E-state index is 12.9. The molecule has 0 aromatic heterocycles. The molecule has 104 valence electrons. The standard InChI is InChI=1S/C14H12ClFN2OS/c15-12-7-9(16)1-6-13(12)18-14(19)8-20-11-4-2-10(17)3-5-11/h1-7H,8,17H2,(H,18,19). The Kier molecular flexibility index (Phi) is 4.87. The molecule has 1 amide bonds. The molecule has 0 aliphatic heterocycles. The second-order valence-electron chi connectivity index (χ2n) is 4.03. The number of benzene rings is 2. The van der Waals surface area contributed by atoms with Crippen molar-refractivity contribution in [2.24, 2.45) is 0 Å². The number of hydrogen-bond donors (Lipinski definition) is 2. The fourth-order valence-corrected chi connectivity index (χ4v) is 2.40. The number of nitrogens with one attached hydrogen (secondary N) is 1. The topological polar surface area (TPSA) is 55.1 Å². The van der Waals surface area contributed by atoms with Crippen LogP contribution in [-0.2, 0) is 4.79 Å². The number of carbonyl (C=O) groups excluding carboxylic acids is 1. The molecule has 2 aromatic carbocycles. The van der Waals surface area contributed by atoms with Crippen molar-refractivity contribution in [3.8, 4) is 0 Å². The van der Waals surface area contributed by atoms with E-state index in [0.29, 0.717) is 11.4 Å². The van der Waals surface area contributed by atoms with Gasteiger partial charge in [0.25, 0.3) is 0 Å². The highest BCUT2D eigenvalue weighted by atomic mass is 35.5. The van der Waals surface area contributed by atoms with Gasteiger partial charge in [0, 0.05) is 10.6 Å². The summed E-state index contributed by atoms with van der Waals surface area (Å²) in [6.07, 6.45) is 0. The third-order valence-electron chi connectivity index (χ3n) is 2.46.